The Morgan fingerprint density at radius 1 is 1.47 bits per heavy atom. The van der Waals surface area contributed by atoms with Crippen LogP contribution in [0.25, 0.3) is 0 Å². The zero-order chi connectivity index (χ0) is 11.4. The second-order valence-corrected chi connectivity index (χ2v) is 3.89. The number of nitrogens with zero attached hydrogens (tertiary/aromatic N) is 2. The smallest absolute Gasteiger partial charge is 0.252 e. The van der Waals surface area contributed by atoms with E-state index in [0.717, 1.165) is 37.0 Å². The van der Waals surface area contributed by atoms with Crippen molar-refractivity contribution in [1.29, 1.82) is 5.26 Å². The van der Waals surface area contributed by atoms with Gasteiger partial charge in [-0.15, -0.1) is 0 Å². The molecule has 80 valence electrons. The molecule has 0 aliphatic heterocycles. The van der Waals surface area contributed by atoms with Gasteiger partial charge in [0.2, 0.25) is 0 Å². The molecule has 0 radical (unpaired) electrons. The summed E-state index contributed by atoms with van der Waals surface area (Å²) >= 11 is 0. The van der Waals surface area contributed by atoms with Crippen molar-refractivity contribution in [3.05, 3.63) is 23.4 Å². The molecule has 0 bridgehead atoms. The van der Waals surface area contributed by atoms with Gasteiger partial charge in [-0.25, -0.2) is 0 Å². The van der Waals surface area contributed by atoms with Crippen LogP contribution in [0, 0.1) is 11.3 Å². The standard InChI is InChI=1S/C12H16N2O/c1-9(2)12(15)14(3)11-7-5-4-6-10(11)8-13/h1,4-7H2,2-3H3. The van der Waals surface area contributed by atoms with Crippen LogP contribution in [0.15, 0.2) is 23.4 Å². The van der Waals surface area contributed by atoms with Crippen molar-refractivity contribution in [2.24, 2.45) is 0 Å². The lowest BCUT2D eigenvalue weighted by molar-refractivity contribution is -0.124. The van der Waals surface area contributed by atoms with Crippen LogP contribution < -0.4 is 0 Å². The van der Waals surface area contributed by atoms with Gasteiger partial charge in [0.1, 0.15) is 0 Å². The van der Waals surface area contributed by atoms with Crippen molar-refractivity contribution in [2.45, 2.75) is 32.6 Å². The third-order valence-electron chi connectivity index (χ3n) is 2.65. The lowest BCUT2D eigenvalue weighted by Gasteiger charge is -2.25. The van der Waals surface area contributed by atoms with Crippen LogP contribution in [-0.2, 0) is 4.79 Å². The monoisotopic (exact) mass is 204 g/mol. The van der Waals surface area contributed by atoms with Crippen LogP contribution >= 0.6 is 0 Å². The van der Waals surface area contributed by atoms with E-state index >= 15 is 0 Å². The summed E-state index contributed by atoms with van der Waals surface area (Å²) < 4.78 is 0. The second-order valence-electron chi connectivity index (χ2n) is 3.89. The average molecular weight is 204 g/mol. The molecule has 3 nitrogen and oxygen atoms in total. The van der Waals surface area contributed by atoms with E-state index in [4.69, 9.17) is 5.26 Å². The zero-order valence-corrected chi connectivity index (χ0v) is 9.34. The fourth-order valence-corrected chi connectivity index (χ4v) is 1.79. The zero-order valence-electron chi connectivity index (χ0n) is 9.34. The van der Waals surface area contributed by atoms with Gasteiger partial charge in [-0.1, -0.05) is 6.58 Å². The van der Waals surface area contributed by atoms with E-state index in [9.17, 15) is 4.79 Å². The molecular formula is C12H16N2O. The van der Waals surface area contributed by atoms with Crippen molar-refractivity contribution in [2.75, 3.05) is 7.05 Å². The number of amides is 1. The van der Waals surface area contributed by atoms with Crippen LogP contribution in [0.5, 0.6) is 0 Å². The molecule has 0 N–H and O–H groups in total. The van der Waals surface area contributed by atoms with E-state index in [-0.39, 0.29) is 5.91 Å². The molecule has 0 saturated heterocycles. The summed E-state index contributed by atoms with van der Waals surface area (Å²) in [6, 6.07) is 2.18. The molecule has 15 heavy (non-hydrogen) atoms. The first-order valence-electron chi connectivity index (χ1n) is 5.13. The first-order chi connectivity index (χ1) is 7.07. The average Bonchev–Trinajstić information content (AvgIpc) is 2.26. The molecule has 0 aromatic carbocycles. The highest BCUT2D eigenvalue weighted by Gasteiger charge is 2.20. The lowest BCUT2D eigenvalue weighted by Crippen LogP contribution is -2.28. The number of likely N-dealkylation sites (N-methyl/N-ethyl adjacent to an activating group) is 1. The fourth-order valence-electron chi connectivity index (χ4n) is 1.79. The van der Waals surface area contributed by atoms with Gasteiger partial charge < -0.3 is 4.90 Å². The maximum Gasteiger partial charge on any atom is 0.252 e. The van der Waals surface area contributed by atoms with Gasteiger partial charge in [-0.05, 0) is 32.6 Å². The maximum absolute atomic E-state index is 11.7. The minimum Gasteiger partial charge on any atom is -0.315 e. The summed E-state index contributed by atoms with van der Waals surface area (Å²) in [5.41, 5.74) is 2.13. The van der Waals surface area contributed by atoms with Crippen LogP contribution in [0.3, 0.4) is 0 Å². The summed E-state index contributed by atoms with van der Waals surface area (Å²) in [7, 11) is 1.72. The Hall–Kier alpha value is -1.56. The molecule has 1 amide bonds. The van der Waals surface area contributed by atoms with Gasteiger partial charge in [-0.2, -0.15) is 5.26 Å². The molecule has 0 fully saturated rings. The number of hydrogen-bond donors (Lipinski definition) is 0. The Balaban J connectivity index is 2.95. The SMILES string of the molecule is C=C(C)C(=O)N(C)C1=C(C#N)CCCC1. The van der Waals surface area contributed by atoms with Crippen molar-refractivity contribution in [3.8, 4) is 6.07 Å². The van der Waals surface area contributed by atoms with Gasteiger partial charge in [0.15, 0.2) is 0 Å². The Morgan fingerprint density at radius 2 is 2.07 bits per heavy atom. The number of hydrogen-bond acceptors (Lipinski definition) is 2. The minimum absolute atomic E-state index is 0.0975. The van der Waals surface area contributed by atoms with Crippen molar-refractivity contribution in [1.82, 2.24) is 4.90 Å². The Morgan fingerprint density at radius 3 is 2.60 bits per heavy atom. The summed E-state index contributed by atoms with van der Waals surface area (Å²) in [6.45, 7) is 5.31. The predicted octanol–water partition coefficient (Wildman–Crippen LogP) is 2.37. The Bertz CT molecular complexity index is 360. The summed E-state index contributed by atoms with van der Waals surface area (Å²) in [6.07, 6.45) is 3.70. The van der Waals surface area contributed by atoms with Crippen LogP contribution in [0.4, 0.5) is 0 Å². The highest BCUT2D eigenvalue weighted by Crippen LogP contribution is 2.26. The van der Waals surface area contributed by atoms with E-state index in [1.165, 1.54) is 0 Å². The third-order valence-corrected chi connectivity index (χ3v) is 2.65. The quantitative estimate of drug-likeness (QED) is 0.648. The predicted molar refractivity (Wildman–Crippen MR) is 58.7 cm³/mol. The van der Waals surface area contributed by atoms with Crippen molar-refractivity contribution in [3.63, 3.8) is 0 Å². The highest BCUT2D eigenvalue weighted by molar-refractivity contribution is 5.93. The lowest BCUT2D eigenvalue weighted by atomic mass is 9.96. The molecule has 0 spiro atoms. The Labute approximate surface area is 90.7 Å². The van der Waals surface area contributed by atoms with E-state index < -0.39 is 0 Å². The van der Waals surface area contributed by atoms with Crippen LogP contribution in [0.2, 0.25) is 0 Å². The summed E-state index contributed by atoms with van der Waals surface area (Å²) in [4.78, 5) is 13.3. The molecule has 0 heterocycles. The summed E-state index contributed by atoms with van der Waals surface area (Å²) in [5.74, 6) is -0.0975. The normalized spacial score (nSPS) is 15.8. The maximum atomic E-state index is 11.7. The van der Waals surface area contributed by atoms with Crippen LogP contribution in [-0.4, -0.2) is 17.9 Å². The van der Waals surface area contributed by atoms with Crippen molar-refractivity contribution >= 4 is 5.91 Å². The van der Waals surface area contributed by atoms with E-state index in [1.807, 2.05) is 0 Å². The van der Waals surface area contributed by atoms with Gasteiger partial charge >= 0.3 is 0 Å². The molecular weight excluding hydrogens is 188 g/mol. The topological polar surface area (TPSA) is 44.1 Å². The molecule has 1 rings (SSSR count). The minimum atomic E-state index is -0.0975. The first kappa shape index (κ1) is 11.5. The number of carbonyl (C=O) groups excluding carboxylic acids is 1. The number of nitriles is 1. The molecule has 0 saturated carbocycles. The molecule has 0 atom stereocenters. The van der Waals surface area contributed by atoms with Gasteiger partial charge in [0.05, 0.1) is 6.07 Å². The molecule has 0 aromatic rings. The van der Waals surface area contributed by atoms with Crippen LogP contribution in [0.1, 0.15) is 32.6 Å². The molecule has 0 unspecified atom stereocenters. The van der Waals surface area contributed by atoms with E-state index in [2.05, 4.69) is 12.6 Å². The number of allylic oxidation sites excluding steroid dienone is 2. The van der Waals surface area contributed by atoms with Gasteiger partial charge in [-0.3, -0.25) is 4.79 Å². The molecule has 3 heteroatoms. The number of carbonyl (C=O) groups is 1. The second kappa shape index (κ2) is 4.79. The first-order valence-corrected chi connectivity index (χ1v) is 5.13. The van der Waals surface area contributed by atoms with Gasteiger partial charge in [0.25, 0.3) is 5.91 Å². The number of rotatable bonds is 2. The molecule has 1 aliphatic carbocycles. The van der Waals surface area contributed by atoms with Crippen molar-refractivity contribution < 1.29 is 4.79 Å². The fraction of sp³-hybridized carbons (Fsp3) is 0.500. The third kappa shape index (κ3) is 2.47. The van der Waals surface area contributed by atoms with E-state index in [1.54, 1.807) is 18.9 Å². The van der Waals surface area contributed by atoms with E-state index in [0.29, 0.717) is 5.57 Å². The Kier molecular flexibility index (Phi) is 3.68. The largest absolute Gasteiger partial charge is 0.315 e. The summed E-state index contributed by atoms with van der Waals surface area (Å²) in [5, 5.41) is 8.96. The molecule has 1 aliphatic rings. The molecule has 0 aromatic heterocycles. The van der Waals surface area contributed by atoms with Gasteiger partial charge in [0, 0.05) is 23.9 Å². The highest BCUT2D eigenvalue weighted by atomic mass is 16.2.